The fraction of sp³-hybridized carbons (Fsp3) is 0.556. The number of ether oxygens (including phenoxy) is 2. The molecule has 2 aromatic carbocycles. The van der Waals surface area contributed by atoms with E-state index in [1.807, 2.05) is 42.5 Å². The molecule has 0 bridgehead atoms. The van der Waals surface area contributed by atoms with Crippen LogP contribution in [0.1, 0.15) is 83.6 Å². The van der Waals surface area contributed by atoms with E-state index in [1.54, 1.807) is 0 Å². The summed E-state index contributed by atoms with van der Waals surface area (Å²) in [5, 5.41) is 8.83. The zero-order valence-corrected chi connectivity index (χ0v) is 19.7. The molecular weight excluding hydrogens is 384 g/mol. The van der Waals surface area contributed by atoms with Gasteiger partial charge in [-0.2, -0.15) is 5.11 Å². The van der Waals surface area contributed by atoms with Crippen molar-refractivity contribution >= 4 is 11.4 Å². The molecule has 0 amide bonds. The Morgan fingerprint density at radius 1 is 0.645 bits per heavy atom. The molecule has 2 rings (SSSR count). The van der Waals surface area contributed by atoms with Gasteiger partial charge in [0.05, 0.1) is 18.9 Å². The molecule has 31 heavy (non-hydrogen) atoms. The molecular formula is C27H40N2O2. The predicted octanol–water partition coefficient (Wildman–Crippen LogP) is 9.11. The molecule has 0 aliphatic rings. The summed E-state index contributed by atoms with van der Waals surface area (Å²) < 4.78 is 12.1. The zero-order chi connectivity index (χ0) is 22.2. The molecule has 170 valence electrons. The van der Waals surface area contributed by atoms with Gasteiger partial charge in [-0.25, -0.2) is 0 Å². The summed E-state index contributed by atoms with van der Waals surface area (Å²) in [4.78, 5) is 0. The van der Waals surface area contributed by atoms with Crippen LogP contribution in [0.3, 0.4) is 0 Å². The summed E-state index contributed by atoms with van der Waals surface area (Å²) >= 11 is 0. The Bertz CT molecular complexity index is 756. The van der Waals surface area contributed by atoms with Crippen LogP contribution in [0.15, 0.2) is 52.7 Å². The van der Waals surface area contributed by atoms with Crippen molar-refractivity contribution in [2.24, 2.45) is 10.2 Å². The monoisotopic (exact) mass is 424 g/mol. The van der Waals surface area contributed by atoms with E-state index in [4.69, 9.17) is 9.47 Å². The van der Waals surface area contributed by atoms with Crippen LogP contribution in [0.5, 0.6) is 11.5 Å². The van der Waals surface area contributed by atoms with Crippen LogP contribution in [0.4, 0.5) is 11.4 Å². The average molecular weight is 425 g/mol. The summed E-state index contributed by atoms with van der Waals surface area (Å²) in [5.41, 5.74) is 2.79. The lowest BCUT2D eigenvalue weighted by molar-refractivity contribution is 0.290. The summed E-state index contributed by atoms with van der Waals surface area (Å²) in [6.45, 7) is 7.97. The van der Waals surface area contributed by atoms with Crippen molar-refractivity contribution in [3.63, 3.8) is 0 Å². The number of unbranched alkanes of at least 4 members (excludes halogenated alkanes) is 8. The van der Waals surface area contributed by atoms with E-state index >= 15 is 0 Å². The number of nitrogens with zero attached hydrogens (tertiary/aromatic N) is 2. The highest BCUT2D eigenvalue weighted by Crippen LogP contribution is 2.33. The van der Waals surface area contributed by atoms with Crippen LogP contribution in [0, 0.1) is 6.92 Å². The summed E-state index contributed by atoms with van der Waals surface area (Å²) in [5.74, 6) is 1.58. The van der Waals surface area contributed by atoms with E-state index in [1.165, 1.54) is 56.9 Å². The highest BCUT2D eigenvalue weighted by atomic mass is 16.5. The molecule has 0 N–H and O–H groups in total. The first-order chi connectivity index (χ1) is 15.2. The van der Waals surface area contributed by atoms with Crippen molar-refractivity contribution in [1.29, 1.82) is 0 Å². The largest absolute Gasteiger partial charge is 0.493 e. The van der Waals surface area contributed by atoms with E-state index in [2.05, 4.69) is 31.0 Å². The topological polar surface area (TPSA) is 43.2 Å². The molecule has 0 radical (unpaired) electrons. The highest BCUT2D eigenvalue weighted by molar-refractivity contribution is 5.55. The van der Waals surface area contributed by atoms with Gasteiger partial charge in [-0.3, -0.25) is 0 Å². The second-order valence-corrected chi connectivity index (χ2v) is 8.19. The van der Waals surface area contributed by atoms with Gasteiger partial charge in [0.15, 0.2) is 0 Å². The summed E-state index contributed by atoms with van der Waals surface area (Å²) in [6, 6.07) is 13.9. The number of aryl methyl sites for hydroxylation is 1. The number of benzene rings is 2. The normalized spacial score (nSPS) is 11.2. The maximum Gasteiger partial charge on any atom is 0.150 e. The molecule has 0 spiro atoms. The average Bonchev–Trinajstić information content (AvgIpc) is 2.79. The molecule has 0 saturated carbocycles. The third kappa shape index (κ3) is 10.5. The number of hydrogen-bond donors (Lipinski definition) is 0. The van der Waals surface area contributed by atoms with E-state index < -0.39 is 0 Å². The van der Waals surface area contributed by atoms with E-state index in [9.17, 15) is 0 Å². The van der Waals surface area contributed by atoms with Gasteiger partial charge in [0, 0.05) is 6.07 Å². The maximum absolute atomic E-state index is 6.09. The van der Waals surface area contributed by atoms with Gasteiger partial charge >= 0.3 is 0 Å². The first-order valence-corrected chi connectivity index (χ1v) is 12.1. The van der Waals surface area contributed by atoms with Crippen LogP contribution in [-0.4, -0.2) is 13.2 Å². The molecule has 0 saturated heterocycles. The lowest BCUT2D eigenvalue weighted by Crippen LogP contribution is -2.00. The summed E-state index contributed by atoms with van der Waals surface area (Å²) in [6.07, 6.45) is 12.2. The van der Waals surface area contributed by atoms with Crippen molar-refractivity contribution in [2.75, 3.05) is 13.2 Å². The minimum atomic E-state index is 0.692. The Morgan fingerprint density at radius 2 is 1.26 bits per heavy atom. The first kappa shape index (κ1) is 24.9. The fourth-order valence-electron chi connectivity index (χ4n) is 3.29. The smallest absolute Gasteiger partial charge is 0.150 e. The minimum Gasteiger partial charge on any atom is -0.493 e. The Kier molecular flexibility index (Phi) is 12.4. The van der Waals surface area contributed by atoms with Crippen LogP contribution in [0.2, 0.25) is 0 Å². The molecule has 0 fully saturated rings. The van der Waals surface area contributed by atoms with Gasteiger partial charge in [-0.1, -0.05) is 82.9 Å². The van der Waals surface area contributed by atoms with Gasteiger partial charge in [0.25, 0.3) is 0 Å². The van der Waals surface area contributed by atoms with Gasteiger partial charge in [-0.15, -0.1) is 5.11 Å². The van der Waals surface area contributed by atoms with Crippen LogP contribution in [-0.2, 0) is 0 Å². The second-order valence-electron chi connectivity index (χ2n) is 8.19. The van der Waals surface area contributed by atoms with Crippen molar-refractivity contribution in [3.8, 4) is 11.5 Å². The molecule has 0 aliphatic heterocycles. The number of azo groups is 1. The third-order valence-corrected chi connectivity index (χ3v) is 5.26. The predicted molar refractivity (Wildman–Crippen MR) is 130 cm³/mol. The number of rotatable bonds is 16. The van der Waals surface area contributed by atoms with E-state index in [0.29, 0.717) is 6.61 Å². The Balaban J connectivity index is 1.97. The maximum atomic E-state index is 6.09. The highest BCUT2D eigenvalue weighted by Gasteiger charge is 2.07. The number of hydrogen-bond acceptors (Lipinski definition) is 4. The SMILES string of the molecule is CCCCCCCOc1ccc(N=Nc2ccc(C)cc2)c(OCCCCCCC)c1. The summed E-state index contributed by atoms with van der Waals surface area (Å²) in [7, 11) is 0. The Morgan fingerprint density at radius 3 is 1.90 bits per heavy atom. The standard InChI is InChI=1S/C27H40N2O2/c1-4-6-8-10-12-20-30-25-18-19-26(29-28-24-16-14-23(3)15-17-24)27(22-25)31-21-13-11-9-7-5-2/h14-19,22H,4-13,20-21H2,1-3H3. The molecule has 0 aliphatic carbocycles. The molecule has 4 nitrogen and oxygen atoms in total. The quantitative estimate of drug-likeness (QED) is 0.199. The first-order valence-electron chi connectivity index (χ1n) is 12.1. The lowest BCUT2D eigenvalue weighted by Gasteiger charge is -2.12. The van der Waals surface area contributed by atoms with Crippen LogP contribution < -0.4 is 9.47 Å². The molecule has 0 unspecified atom stereocenters. The molecule has 0 aromatic heterocycles. The molecule has 0 heterocycles. The van der Waals surface area contributed by atoms with Crippen molar-refractivity contribution < 1.29 is 9.47 Å². The Hall–Kier alpha value is -2.36. The molecule has 0 atom stereocenters. The second kappa shape index (κ2) is 15.4. The van der Waals surface area contributed by atoms with Crippen molar-refractivity contribution in [1.82, 2.24) is 0 Å². The third-order valence-electron chi connectivity index (χ3n) is 5.26. The van der Waals surface area contributed by atoms with Gasteiger partial charge in [0.2, 0.25) is 0 Å². The lowest BCUT2D eigenvalue weighted by atomic mass is 10.2. The molecule has 4 heteroatoms. The molecule has 2 aromatic rings. The van der Waals surface area contributed by atoms with Crippen molar-refractivity contribution in [3.05, 3.63) is 48.0 Å². The zero-order valence-electron chi connectivity index (χ0n) is 19.7. The minimum absolute atomic E-state index is 0.692. The van der Waals surface area contributed by atoms with Crippen molar-refractivity contribution in [2.45, 2.75) is 85.0 Å². The Labute approximate surface area is 189 Å². The van der Waals surface area contributed by atoms with Gasteiger partial charge in [0.1, 0.15) is 17.2 Å². The van der Waals surface area contributed by atoms with Crippen LogP contribution in [0.25, 0.3) is 0 Å². The van der Waals surface area contributed by atoms with Crippen LogP contribution >= 0.6 is 0 Å². The van der Waals surface area contributed by atoms with E-state index in [0.717, 1.165) is 42.3 Å². The van der Waals surface area contributed by atoms with Gasteiger partial charge in [-0.05, 0) is 44.0 Å². The van der Waals surface area contributed by atoms with Gasteiger partial charge < -0.3 is 9.47 Å². The van der Waals surface area contributed by atoms with E-state index in [-0.39, 0.29) is 0 Å². The fourth-order valence-corrected chi connectivity index (χ4v) is 3.29.